The summed E-state index contributed by atoms with van der Waals surface area (Å²) < 4.78 is 33.0. The van der Waals surface area contributed by atoms with Crippen LogP contribution in [0.25, 0.3) is 0 Å². The molecule has 0 aliphatic rings. The fraction of sp³-hybridized carbons (Fsp3) is 0.200. The van der Waals surface area contributed by atoms with Gasteiger partial charge >= 0.3 is 0 Å². The van der Waals surface area contributed by atoms with E-state index in [9.17, 15) is 18.3 Å². The summed E-state index contributed by atoms with van der Waals surface area (Å²) in [7, 11) is -3.94. The fourth-order valence-corrected chi connectivity index (χ4v) is 4.54. The molecule has 0 atom stereocenters. The molecular weight excluding hydrogens is 454 g/mol. The first-order valence-corrected chi connectivity index (χ1v) is 12.1. The number of sulfonamides is 1. The second-order valence-electron chi connectivity index (χ2n) is 7.49. The number of amides is 1. The molecule has 0 unspecified atom stereocenters. The number of hydrogen-bond acceptors (Lipinski definition) is 6. The Morgan fingerprint density at radius 3 is 2.44 bits per heavy atom. The van der Waals surface area contributed by atoms with Gasteiger partial charge in [-0.15, -0.1) is 0 Å². The minimum Gasteiger partial charge on any atom is -0.504 e. The number of phenols is 1. The van der Waals surface area contributed by atoms with Crippen LogP contribution < -0.4 is 10.2 Å². The molecule has 0 heterocycles. The highest BCUT2D eigenvalue weighted by Gasteiger charge is 2.26. The average Bonchev–Trinajstić information content (AvgIpc) is 2.82. The quantitative estimate of drug-likeness (QED) is 0.341. The molecule has 1 amide bonds. The van der Waals surface area contributed by atoms with E-state index in [1.165, 1.54) is 18.3 Å². The monoisotopic (exact) mass is 481 g/mol. The number of benzene rings is 3. The topological polar surface area (TPSA) is 108 Å². The van der Waals surface area contributed by atoms with Crippen molar-refractivity contribution in [2.75, 3.05) is 13.2 Å². The summed E-state index contributed by atoms with van der Waals surface area (Å²) in [5.41, 5.74) is 4.35. The van der Waals surface area contributed by atoms with Crippen LogP contribution in [0.5, 0.6) is 11.5 Å². The molecule has 0 saturated heterocycles. The van der Waals surface area contributed by atoms with Crippen LogP contribution in [0.15, 0.2) is 82.8 Å². The predicted octanol–water partition coefficient (Wildman–Crippen LogP) is 3.44. The van der Waals surface area contributed by atoms with Crippen LogP contribution in [0.1, 0.15) is 23.6 Å². The molecule has 2 N–H and O–H groups in total. The molecule has 9 heteroatoms. The summed E-state index contributed by atoms with van der Waals surface area (Å²) in [4.78, 5) is 12.7. The van der Waals surface area contributed by atoms with Crippen LogP contribution in [0.4, 0.5) is 0 Å². The molecule has 0 aliphatic heterocycles. The highest BCUT2D eigenvalue weighted by Crippen LogP contribution is 2.28. The lowest BCUT2D eigenvalue weighted by atomic mass is 10.2. The Balaban J connectivity index is 1.77. The van der Waals surface area contributed by atoms with Gasteiger partial charge in [0, 0.05) is 12.1 Å². The van der Waals surface area contributed by atoms with Gasteiger partial charge in [0.25, 0.3) is 5.91 Å². The molecule has 3 aromatic carbocycles. The average molecular weight is 482 g/mol. The zero-order chi connectivity index (χ0) is 24.6. The van der Waals surface area contributed by atoms with Crippen LogP contribution >= 0.6 is 0 Å². The number of nitrogens with zero attached hydrogens (tertiary/aromatic N) is 2. The molecular formula is C25H27N3O5S. The zero-order valence-electron chi connectivity index (χ0n) is 19.0. The lowest BCUT2D eigenvalue weighted by molar-refractivity contribution is -0.121. The maximum atomic E-state index is 13.3. The van der Waals surface area contributed by atoms with Crippen molar-refractivity contribution in [3.63, 3.8) is 0 Å². The number of carbonyl (C=O) groups is 1. The summed E-state index contributed by atoms with van der Waals surface area (Å²) in [6, 6.07) is 20.4. The number of carbonyl (C=O) groups excluding carboxylic acids is 1. The van der Waals surface area contributed by atoms with E-state index < -0.39 is 22.5 Å². The molecule has 8 nitrogen and oxygen atoms in total. The third-order valence-electron chi connectivity index (χ3n) is 4.90. The number of phenolic OH excluding ortho intramolecular Hbond substituents is 1. The minimum absolute atomic E-state index is 0.0192. The van der Waals surface area contributed by atoms with Crippen LogP contribution in [-0.4, -0.2) is 43.1 Å². The zero-order valence-corrected chi connectivity index (χ0v) is 19.8. The van der Waals surface area contributed by atoms with E-state index >= 15 is 0 Å². The molecule has 0 saturated carbocycles. The number of hydrogen-bond donors (Lipinski definition) is 2. The van der Waals surface area contributed by atoms with Crippen LogP contribution in [0, 0.1) is 6.92 Å². The second kappa shape index (κ2) is 11.4. The molecule has 0 aliphatic carbocycles. The van der Waals surface area contributed by atoms with E-state index in [0.29, 0.717) is 17.9 Å². The number of ether oxygens (including phenoxy) is 1. The Bertz CT molecular complexity index is 1240. The SMILES string of the molecule is CCOc1cccc(/C=N\NC(=O)CN(Cc2ccccc2)S(=O)(=O)c2ccc(C)cc2)c1O. The Labute approximate surface area is 199 Å². The van der Waals surface area contributed by atoms with E-state index in [1.54, 1.807) is 61.5 Å². The first kappa shape index (κ1) is 24.9. The van der Waals surface area contributed by atoms with E-state index in [1.807, 2.05) is 13.0 Å². The van der Waals surface area contributed by atoms with Gasteiger partial charge < -0.3 is 9.84 Å². The van der Waals surface area contributed by atoms with Crippen molar-refractivity contribution in [1.82, 2.24) is 9.73 Å². The van der Waals surface area contributed by atoms with E-state index in [4.69, 9.17) is 4.74 Å². The van der Waals surface area contributed by atoms with Crippen LogP contribution in [0.2, 0.25) is 0 Å². The Kier molecular flexibility index (Phi) is 8.39. The van der Waals surface area contributed by atoms with Gasteiger partial charge in [0.05, 0.1) is 24.3 Å². The Hall–Kier alpha value is -3.69. The first-order valence-electron chi connectivity index (χ1n) is 10.7. The smallest absolute Gasteiger partial charge is 0.255 e. The largest absolute Gasteiger partial charge is 0.504 e. The van der Waals surface area contributed by atoms with Crippen molar-refractivity contribution in [1.29, 1.82) is 0 Å². The molecule has 3 rings (SSSR count). The molecule has 0 fully saturated rings. The number of nitrogens with one attached hydrogen (secondary N) is 1. The van der Waals surface area contributed by atoms with E-state index in [2.05, 4.69) is 10.5 Å². The lowest BCUT2D eigenvalue weighted by Crippen LogP contribution is -2.39. The maximum Gasteiger partial charge on any atom is 0.255 e. The third-order valence-corrected chi connectivity index (χ3v) is 6.71. The minimum atomic E-state index is -3.94. The summed E-state index contributed by atoms with van der Waals surface area (Å²) >= 11 is 0. The number of aryl methyl sites for hydroxylation is 1. The van der Waals surface area contributed by atoms with Gasteiger partial charge in [-0.05, 0) is 43.7 Å². The summed E-state index contributed by atoms with van der Waals surface area (Å²) in [6.45, 7) is 3.63. The standard InChI is InChI=1S/C25H27N3O5S/c1-3-33-23-11-7-10-21(25(23)30)16-26-27-24(29)18-28(17-20-8-5-4-6-9-20)34(31,32)22-14-12-19(2)13-15-22/h4-16,30H,3,17-18H2,1-2H3,(H,27,29)/b26-16-. The highest BCUT2D eigenvalue weighted by atomic mass is 32.2. The molecule has 0 spiro atoms. The molecule has 0 radical (unpaired) electrons. The normalized spacial score (nSPS) is 11.6. The maximum absolute atomic E-state index is 13.3. The molecule has 0 bridgehead atoms. The van der Waals surface area contributed by atoms with Crippen molar-refractivity contribution in [2.24, 2.45) is 5.10 Å². The molecule has 3 aromatic rings. The summed E-state index contributed by atoms with van der Waals surface area (Å²) in [6.07, 6.45) is 1.27. The molecule has 178 valence electrons. The molecule has 0 aromatic heterocycles. The van der Waals surface area contributed by atoms with Crippen molar-refractivity contribution in [3.8, 4) is 11.5 Å². The van der Waals surface area contributed by atoms with E-state index in [0.717, 1.165) is 15.4 Å². The van der Waals surface area contributed by atoms with Gasteiger partial charge in [-0.3, -0.25) is 4.79 Å². The highest BCUT2D eigenvalue weighted by molar-refractivity contribution is 7.89. The lowest BCUT2D eigenvalue weighted by Gasteiger charge is -2.21. The van der Waals surface area contributed by atoms with Gasteiger partial charge in [0.2, 0.25) is 10.0 Å². The number of para-hydroxylation sites is 1. The fourth-order valence-electron chi connectivity index (χ4n) is 3.16. The Morgan fingerprint density at radius 1 is 1.06 bits per heavy atom. The Morgan fingerprint density at radius 2 is 1.76 bits per heavy atom. The number of rotatable bonds is 10. The van der Waals surface area contributed by atoms with Crippen molar-refractivity contribution in [3.05, 3.63) is 89.5 Å². The predicted molar refractivity (Wildman–Crippen MR) is 130 cm³/mol. The van der Waals surface area contributed by atoms with Crippen LogP contribution in [-0.2, 0) is 21.4 Å². The summed E-state index contributed by atoms with van der Waals surface area (Å²) in [5.74, 6) is -0.422. The number of aromatic hydroxyl groups is 1. The van der Waals surface area contributed by atoms with Crippen LogP contribution in [0.3, 0.4) is 0 Å². The van der Waals surface area contributed by atoms with Crippen molar-refractivity contribution in [2.45, 2.75) is 25.3 Å². The van der Waals surface area contributed by atoms with E-state index in [-0.39, 0.29) is 17.2 Å². The second-order valence-corrected chi connectivity index (χ2v) is 9.43. The van der Waals surface area contributed by atoms with Gasteiger partial charge in [0.1, 0.15) is 0 Å². The van der Waals surface area contributed by atoms with Gasteiger partial charge in [0.15, 0.2) is 11.5 Å². The molecule has 34 heavy (non-hydrogen) atoms. The summed E-state index contributed by atoms with van der Waals surface area (Å²) in [5, 5.41) is 14.1. The number of hydrazone groups is 1. The van der Waals surface area contributed by atoms with Crippen molar-refractivity contribution >= 4 is 22.1 Å². The van der Waals surface area contributed by atoms with Crippen molar-refractivity contribution < 1.29 is 23.1 Å². The van der Waals surface area contributed by atoms with Gasteiger partial charge in [-0.1, -0.05) is 54.1 Å². The van der Waals surface area contributed by atoms with Gasteiger partial charge in [-0.2, -0.15) is 9.41 Å². The first-order chi connectivity index (χ1) is 16.3. The van der Waals surface area contributed by atoms with Gasteiger partial charge in [-0.25, -0.2) is 13.8 Å². The third kappa shape index (κ3) is 6.43.